The highest BCUT2D eigenvalue weighted by Crippen LogP contribution is 2.39. The predicted octanol–water partition coefficient (Wildman–Crippen LogP) is 4.10. The van der Waals surface area contributed by atoms with E-state index in [4.69, 9.17) is 26.9 Å². The Kier molecular flexibility index (Phi) is 4.49. The van der Waals surface area contributed by atoms with Gasteiger partial charge in [0.1, 0.15) is 0 Å². The van der Waals surface area contributed by atoms with Gasteiger partial charge < -0.3 is 15.3 Å². The number of halogens is 2. The Morgan fingerprint density at radius 1 is 1.20 bits per heavy atom. The molecule has 2 heterocycles. The second-order valence-corrected chi connectivity index (χ2v) is 7.45. The maximum absolute atomic E-state index is 6.21. The molecule has 1 aliphatic heterocycles. The van der Waals surface area contributed by atoms with Gasteiger partial charge in [0.05, 0.1) is 5.02 Å². The molecule has 0 amide bonds. The molecule has 0 fully saturated rings. The minimum Gasteiger partial charge on any atom is -0.454 e. The normalized spacial score (nSPS) is 12.6. The molecule has 0 radical (unpaired) electrons. The molecule has 9 heteroatoms. The molecule has 0 saturated carbocycles. The maximum Gasteiger partial charge on any atom is 0.231 e. The first-order chi connectivity index (χ1) is 12.1. The third kappa shape index (κ3) is 3.17. The van der Waals surface area contributed by atoms with E-state index in [9.17, 15) is 0 Å². The van der Waals surface area contributed by atoms with Gasteiger partial charge in [-0.2, -0.15) is 0 Å². The van der Waals surface area contributed by atoms with E-state index in [1.54, 1.807) is 6.07 Å². The van der Waals surface area contributed by atoms with Crippen molar-refractivity contribution in [2.45, 2.75) is 10.9 Å². The summed E-state index contributed by atoms with van der Waals surface area (Å²) in [5, 5.41) is 9.51. The summed E-state index contributed by atoms with van der Waals surface area (Å²) in [6, 6.07) is 11.2. The van der Waals surface area contributed by atoms with Crippen LogP contribution in [0.2, 0.25) is 5.02 Å². The summed E-state index contributed by atoms with van der Waals surface area (Å²) in [5.74, 6) is 8.81. The van der Waals surface area contributed by atoms with E-state index in [-0.39, 0.29) is 6.79 Å². The Bertz CT molecular complexity index is 950. The second-order valence-electron chi connectivity index (χ2n) is 5.24. The molecular formula is C16H12BrClN4O2S. The number of hydrogen-bond acceptors (Lipinski definition) is 6. The van der Waals surface area contributed by atoms with Crippen LogP contribution in [0.5, 0.6) is 11.5 Å². The van der Waals surface area contributed by atoms with E-state index in [1.807, 2.05) is 30.3 Å². The van der Waals surface area contributed by atoms with Crippen LogP contribution in [0.3, 0.4) is 0 Å². The predicted molar refractivity (Wildman–Crippen MR) is 100 cm³/mol. The van der Waals surface area contributed by atoms with Gasteiger partial charge in [0.25, 0.3) is 0 Å². The first kappa shape index (κ1) is 16.6. The first-order valence-electron chi connectivity index (χ1n) is 7.29. The molecule has 128 valence electrons. The van der Waals surface area contributed by atoms with Crippen LogP contribution in [0.15, 0.2) is 46.0 Å². The molecule has 1 aliphatic rings. The monoisotopic (exact) mass is 438 g/mol. The number of aromatic nitrogens is 3. The lowest BCUT2D eigenvalue weighted by molar-refractivity contribution is 0.174. The van der Waals surface area contributed by atoms with Gasteiger partial charge in [-0.05, 0) is 29.8 Å². The van der Waals surface area contributed by atoms with Crippen LogP contribution in [0.25, 0.3) is 11.4 Å². The van der Waals surface area contributed by atoms with Crippen LogP contribution in [0, 0.1) is 0 Å². The number of thioether (sulfide) groups is 1. The van der Waals surface area contributed by atoms with Crippen LogP contribution in [0.4, 0.5) is 0 Å². The standard InChI is InChI=1S/C16H12BrClN4O2S/c17-11-6-14-13(23-8-24-14)5-9(11)7-25-16-21-20-15(22(16)19)10-3-1-2-4-12(10)18/h1-6H,7-8,19H2. The zero-order valence-electron chi connectivity index (χ0n) is 12.8. The fraction of sp³-hybridized carbons (Fsp3) is 0.125. The van der Waals surface area contributed by atoms with Gasteiger partial charge >= 0.3 is 0 Å². The van der Waals surface area contributed by atoms with E-state index in [2.05, 4.69) is 26.1 Å². The van der Waals surface area contributed by atoms with E-state index < -0.39 is 0 Å². The van der Waals surface area contributed by atoms with Gasteiger partial charge in [-0.15, -0.1) is 10.2 Å². The van der Waals surface area contributed by atoms with Crippen LogP contribution in [-0.2, 0) is 5.75 Å². The molecule has 4 rings (SSSR count). The van der Waals surface area contributed by atoms with Gasteiger partial charge in [0, 0.05) is 15.8 Å². The topological polar surface area (TPSA) is 75.2 Å². The average Bonchev–Trinajstić information content (AvgIpc) is 3.19. The van der Waals surface area contributed by atoms with Crippen molar-refractivity contribution in [3.05, 3.63) is 51.5 Å². The summed E-state index contributed by atoms with van der Waals surface area (Å²) < 4.78 is 13.2. The molecule has 1 aromatic heterocycles. The molecule has 0 saturated heterocycles. The fourth-order valence-corrected chi connectivity index (χ4v) is 4.13. The number of rotatable bonds is 4. The second kappa shape index (κ2) is 6.78. The zero-order chi connectivity index (χ0) is 17.4. The highest BCUT2D eigenvalue weighted by atomic mass is 79.9. The van der Waals surface area contributed by atoms with Crippen LogP contribution in [0.1, 0.15) is 5.56 Å². The summed E-state index contributed by atoms with van der Waals surface area (Å²) in [6.07, 6.45) is 0. The van der Waals surface area contributed by atoms with Crippen molar-refractivity contribution in [3.63, 3.8) is 0 Å². The number of nitrogens with zero attached hydrogens (tertiary/aromatic N) is 3. The Hall–Kier alpha value is -1.90. The van der Waals surface area contributed by atoms with Gasteiger partial charge in [-0.1, -0.05) is 51.4 Å². The molecule has 25 heavy (non-hydrogen) atoms. The minimum atomic E-state index is 0.247. The Labute approximate surface area is 161 Å². The Morgan fingerprint density at radius 2 is 1.96 bits per heavy atom. The Morgan fingerprint density at radius 3 is 2.76 bits per heavy atom. The number of fused-ring (bicyclic) bond motifs is 1. The van der Waals surface area contributed by atoms with Gasteiger partial charge in [0.2, 0.25) is 11.9 Å². The lowest BCUT2D eigenvalue weighted by atomic mass is 10.2. The quantitative estimate of drug-likeness (QED) is 0.487. The maximum atomic E-state index is 6.21. The molecule has 3 aromatic rings. The lowest BCUT2D eigenvalue weighted by Crippen LogP contribution is -2.11. The lowest BCUT2D eigenvalue weighted by Gasteiger charge is -2.07. The van der Waals surface area contributed by atoms with Crippen LogP contribution < -0.4 is 15.3 Å². The van der Waals surface area contributed by atoms with E-state index in [1.165, 1.54) is 16.4 Å². The van der Waals surface area contributed by atoms with Crippen molar-refractivity contribution in [2.75, 3.05) is 12.6 Å². The number of hydrogen-bond donors (Lipinski definition) is 1. The Balaban J connectivity index is 1.56. The van der Waals surface area contributed by atoms with Crippen molar-refractivity contribution in [1.29, 1.82) is 0 Å². The van der Waals surface area contributed by atoms with Crippen molar-refractivity contribution >= 4 is 39.3 Å². The number of nitrogens with two attached hydrogens (primary N) is 1. The van der Waals surface area contributed by atoms with Crippen molar-refractivity contribution in [3.8, 4) is 22.9 Å². The summed E-state index contributed by atoms with van der Waals surface area (Å²) in [6.45, 7) is 0.247. The highest BCUT2D eigenvalue weighted by molar-refractivity contribution is 9.10. The smallest absolute Gasteiger partial charge is 0.231 e. The molecule has 0 bridgehead atoms. The SMILES string of the molecule is Nn1c(SCc2cc3c(cc2Br)OCO3)nnc1-c1ccccc1Cl. The summed E-state index contributed by atoms with van der Waals surface area (Å²) in [5.41, 5.74) is 1.80. The van der Waals surface area contributed by atoms with Crippen molar-refractivity contribution in [2.24, 2.45) is 0 Å². The number of ether oxygens (including phenoxy) is 2. The fourth-order valence-electron chi connectivity index (χ4n) is 2.41. The summed E-state index contributed by atoms with van der Waals surface area (Å²) in [7, 11) is 0. The number of benzene rings is 2. The molecule has 0 unspecified atom stereocenters. The van der Waals surface area contributed by atoms with Crippen molar-refractivity contribution < 1.29 is 9.47 Å². The minimum absolute atomic E-state index is 0.247. The van der Waals surface area contributed by atoms with E-state index >= 15 is 0 Å². The highest BCUT2D eigenvalue weighted by Gasteiger charge is 2.18. The average molecular weight is 440 g/mol. The van der Waals surface area contributed by atoms with E-state index in [0.717, 1.165) is 27.1 Å². The third-order valence-electron chi connectivity index (χ3n) is 3.68. The van der Waals surface area contributed by atoms with Gasteiger partial charge in [-0.25, -0.2) is 4.68 Å². The molecule has 0 spiro atoms. The van der Waals surface area contributed by atoms with Gasteiger partial charge in [0.15, 0.2) is 17.3 Å². The molecule has 0 atom stereocenters. The third-order valence-corrected chi connectivity index (χ3v) is 5.74. The summed E-state index contributed by atoms with van der Waals surface area (Å²) in [4.78, 5) is 0. The largest absolute Gasteiger partial charge is 0.454 e. The first-order valence-corrected chi connectivity index (χ1v) is 9.45. The molecule has 0 aliphatic carbocycles. The molecule has 2 aromatic carbocycles. The van der Waals surface area contributed by atoms with E-state index in [0.29, 0.717) is 21.8 Å². The van der Waals surface area contributed by atoms with Crippen LogP contribution >= 0.6 is 39.3 Å². The molecular weight excluding hydrogens is 428 g/mol. The zero-order valence-corrected chi connectivity index (χ0v) is 15.9. The summed E-state index contributed by atoms with van der Waals surface area (Å²) >= 11 is 11.2. The molecule has 2 N–H and O–H groups in total. The van der Waals surface area contributed by atoms with Gasteiger partial charge in [-0.3, -0.25) is 0 Å². The van der Waals surface area contributed by atoms with Crippen LogP contribution in [-0.4, -0.2) is 21.7 Å². The molecule has 6 nitrogen and oxygen atoms in total. The van der Waals surface area contributed by atoms with Crippen molar-refractivity contribution in [1.82, 2.24) is 14.9 Å². The number of nitrogen functional groups attached to an aromatic ring is 1.